The van der Waals surface area contributed by atoms with Crippen LogP contribution in [0.1, 0.15) is 10.5 Å². The van der Waals surface area contributed by atoms with Crippen LogP contribution in [0, 0.1) is 5.82 Å². The molecule has 0 saturated carbocycles. The first-order valence-corrected chi connectivity index (χ1v) is 4.32. The minimum absolute atomic E-state index is 0.327. The van der Waals surface area contributed by atoms with E-state index in [1.54, 1.807) is 18.2 Å². The number of pyridine rings is 2. The van der Waals surface area contributed by atoms with E-state index in [-0.39, 0.29) is 0 Å². The van der Waals surface area contributed by atoms with Gasteiger partial charge in [-0.15, -0.1) is 0 Å². The Kier molecular flexibility index (Phi) is 2.49. The van der Waals surface area contributed by atoms with Crippen molar-refractivity contribution in [1.82, 2.24) is 9.97 Å². The lowest BCUT2D eigenvalue weighted by molar-refractivity contribution is 0.111. The van der Waals surface area contributed by atoms with Crippen molar-refractivity contribution in [2.75, 3.05) is 0 Å². The zero-order chi connectivity index (χ0) is 10.7. The maximum atomic E-state index is 13.3. The third-order valence-electron chi connectivity index (χ3n) is 1.99. The molecule has 0 saturated heterocycles. The Bertz CT molecular complexity index is 482. The molecule has 2 aromatic heterocycles. The van der Waals surface area contributed by atoms with Crippen molar-refractivity contribution in [2.45, 2.75) is 0 Å². The Morgan fingerprint density at radius 1 is 1.20 bits per heavy atom. The van der Waals surface area contributed by atoms with Crippen LogP contribution in [0.25, 0.3) is 11.1 Å². The normalized spacial score (nSPS) is 9.93. The second kappa shape index (κ2) is 3.96. The number of aromatic nitrogens is 2. The summed E-state index contributed by atoms with van der Waals surface area (Å²) in [6.45, 7) is 0. The number of carbonyl (C=O) groups is 1. The highest BCUT2D eigenvalue weighted by Crippen LogP contribution is 2.20. The second-order valence-corrected chi connectivity index (χ2v) is 2.95. The number of halogens is 1. The van der Waals surface area contributed by atoms with Crippen molar-refractivity contribution in [2.24, 2.45) is 0 Å². The molecule has 0 spiro atoms. The van der Waals surface area contributed by atoms with Crippen molar-refractivity contribution in [3.63, 3.8) is 0 Å². The summed E-state index contributed by atoms with van der Waals surface area (Å²) in [5, 5.41) is 0. The van der Waals surface area contributed by atoms with Gasteiger partial charge in [0.2, 0.25) is 0 Å². The molecular weight excluding hydrogens is 195 g/mol. The summed E-state index contributed by atoms with van der Waals surface area (Å²) in [4.78, 5) is 17.9. The first kappa shape index (κ1) is 9.45. The summed E-state index contributed by atoms with van der Waals surface area (Å²) < 4.78 is 13.3. The number of rotatable bonds is 2. The van der Waals surface area contributed by atoms with Crippen LogP contribution in [0.2, 0.25) is 0 Å². The van der Waals surface area contributed by atoms with Crippen LogP contribution in [0.3, 0.4) is 0 Å². The average molecular weight is 202 g/mol. The van der Waals surface area contributed by atoms with Crippen LogP contribution in [0.5, 0.6) is 0 Å². The first-order chi connectivity index (χ1) is 7.31. The second-order valence-electron chi connectivity index (χ2n) is 2.95. The molecule has 0 aromatic carbocycles. The molecule has 0 atom stereocenters. The summed E-state index contributed by atoms with van der Waals surface area (Å²) in [6.07, 6.45) is 4.75. The summed E-state index contributed by atoms with van der Waals surface area (Å²) in [5.41, 5.74) is 1.38. The molecule has 0 radical (unpaired) electrons. The van der Waals surface area contributed by atoms with Crippen LogP contribution in [-0.2, 0) is 0 Å². The van der Waals surface area contributed by atoms with Gasteiger partial charge < -0.3 is 0 Å². The monoisotopic (exact) mass is 202 g/mol. The quantitative estimate of drug-likeness (QED) is 0.700. The Morgan fingerprint density at radius 3 is 2.67 bits per heavy atom. The molecule has 0 aliphatic rings. The molecule has 0 fully saturated rings. The highest BCUT2D eigenvalue weighted by Gasteiger charge is 2.04. The summed E-state index contributed by atoms with van der Waals surface area (Å²) in [6, 6.07) is 4.75. The predicted molar refractivity (Wildman–Crippen MR) is 52.8 cm³/mol. The van der Waals surface area contributed by atoms with Crippen LogP contribution >= 0.6 is 0 Å². The number of carbonyl (C=O) groups excluding carboxylic acids is 1. The molecule has 2 heterocycles. The van der Waals surface area contributed by atoms with Gasteiger partial charge >= 0.3 is 0 Å². The topological polar surface area (TPSA) is 42.9 Å². The third kappa shape index (κ3) is 1.88. The smallest absolute Gasteiger partial charge is 0.168 e. The van der Waals surface area contributed by atoms with Gasteiger partial charge in [0.1, 0.15) is 11.5 Å². The summed E-state index contributed by atoms with van der Waals surface area (Å²) >= 11 is 0. The van der Waals surface area contributed by atoms with Gasteiger partial charge in [0, 0.05) is 23.5 Å². The van der Waals surface area contributed by atoms with Crippen LogP contribution in [0.4, 0.5) is 4.39 Å². The van der Waals surface area contributed by atoms with Gasteiger partial charge in [0.15, 0.2) is 6.29 Å². The van der Waals surface area contributed by atoms with Gasteiger partial charge in [0.25, 0.3) is 0 Å². The summed E-state index contributed by atoms with van der Waals surface area (Å²) in [5.74, 6) is -0.404. The van der Waals surface area contributed by atoms with Crippen molar-refractivity contribution in [1.29, 1.82) is 0 Å². The lowest BCUT2D eigenvalue weighted by atomic mass is 10.1. The largest absolute Gasteiger partial charge is 0.296 e. The molecule has 4 heteroatoms. The molecule has 3 nitrogen and oxygen atoms in total. The van der Waals surface area contributed by atoms with Crippen LogP contribution in [0.15, 0.2) is 36.8 Å². The molecule has 2 aromatic rings. The van der Waals surface area contributed by atoms with E-state index in [4.69, 9.17) is 0 Å². The van der Waals surface area contributed by atoms with E-state index >= 15 is 0 Å². The van der Waals surface area contributed by atoms with E-state index in [1.165, 1.54) is 12.4 Å². The number of nitrogens with zero attached hydrogens (tertiary/aromatic N) is 2. The molecule has 0 amide bonds. The van der Waals surface area contributed by atoms with Crippen molar-refractivity contribution in [3.8, 4) is 11.1 Å². The van der Waals surface area contributed by atoms with E-state index in [0.717, 1.165) is 6.20 Å². The van der Waals surface area contributed by atoms with Crippen LogP contribution < -0.4 is 0 Å². The average Bonchev–Trinajstić information content (AvgIpc) is 2.30. The van der Waals surface area contributed by atoms with E-state index in [9.17, 15) is 9.18 Å². The standard InChI is InChI=1S/C11H7FN2O/c12-11-6-13-4-3-10(11)8-1-2-9(7-15)14-5-8/h1-7H. The van der Waals surface area contributed by atoms with E-state index in [1.807, 2.05) is 0 Å². The fraction of sp³-hybridized carbons (Fsp3) is 0. The Hall–Kier alpha value is -2.10. The Balaban J connectivity index is 2.46. The molecule has 0 aliphatic carbocycles. The molecular formula is C11H7FN2O. The maximum Gasteiger partial charge on any atom is 0.168 e. The fourth-order valence-corrected chi connectivity index (χ4v) is 1.24. The highest BCUT2D eigenvalue weighted by molar-refractivity contribution is 5.73. The van der Waals surface area contributed by atoms with Gasteiger partial charge in [0.05, 0.1) is 6.20 Å². The predicted octanol–water partition coefficient (Wildman–Crippen LogP) is 2.10. The van der Waals surface area contributed by atoms with Crippen molar-refractivity contribution >= 4 is 6.29 Å². The van der Waals surface area contributed by atoms with E-state index in [0.29, 0.717) is 23.1 Å². The third-order valence-corrected chi connectivity index (χ3v) is 1.99. The van der Waals surface area contributed by atoms with Crippen molar-refractivity contribution in [3.05, 3.63) is 48.3 Å². The van der Waals surface area contributed by atoms with E-state index < -0.39 is 5.82 Å². The van der Waals surface area contributed by atoms with Crippen LogP contribution in [-0.4, -0.2) is 16.3 Å². The highest BCUT2D eigenvalue weighted by atomic mass is 19.1. The maximum absolute atomic E-state index is 13.3. The van der Waals surface area contributed by atoms with Gasteiger partial charge in [-0.3, -0.25) is 14.8 Å². The van der Waals surface area contributed by atoms with E-state index in [2.05, 4.69) is 9.97 Å². The summed E-state index contributed by atoms with van der Waals surface area (Å²) in [7, 11) is 0. The van der Waals surface area contributed by atoms with Gasteiger partial charge in [-0.1, -0.05) is 6.07 Å². The number of aldehydes is 1. The number of hydrogen-bond donors (Lipinski definition) is 0. The minimum Gasteiger partial charge on any atom is -0.296 e. The fourth-order valence-electron chi connectivity index (χ4n) is 1.24. The zero-order valence-electron chi connectivity index (χ0n) is 7.72. The first-order valence-electron chi connectivity index (χ1n) is 4.32. The molecule has 74 valence electrons. The van der Waals surface area contributed by atoms with Crippen molar-refractivity contribution < 1.29 is 9.18 Å². The number of hydrogen-bond acceptors (Lipinski definition) is 3. The van der Waals surface area contributed by atoms with Gasteiger partial charge in [-0.05, 0) is 12.1 Å². The molecule has 0 aliphatic heterocycles. The minimum atomic E-state index is -0.404. The molecule has 2 rings (SSSR count). The Labute approximate surface area is 85.6 Å². The van der Waals surface area contributed by atoms with Gasteiger partial charge in [-0.2, -0.15) is 0 Å². The zero-order valence-corrected chi connectivity index (χ0v) is 7.72. The molecule has 15 heavy (non-hydrogen) atoms. The molecule has 0 N–H and O–H groups in total. The lowest BCUT2D eigenvalue weighted by Crippen LogP contribution is -1.89. The van der Waals surface area contributed by atoms with Gasteiger partial charge in [-0.25, -0.2) is 4.39 Å². The Morgan fingerprint density at radius 2 is 2.07 bits per heavy atom. The molecule has 0 bridgehead atoms. The molecule has 0 unspecified atom stereocenters. The SMILES string of the molecule is O=Cc1ccc(-c2ccncc2F)cn1. The lowest BCUT2D eigenvalue weighted by Gasteiger charge is -2.01.